The van der Waals surface area contributed by atoms with E-state index in [9.17, 15) is 4.79 Å². The number of ketones is 1. The van der Waals surface area contributed by atoms with Gasteiger partial charge in [0.2, 0.25) is 0 Å². The first-order valence-corrected chi connectivity index (χ1v) is 3.50. The summed E-state index contributed by atoms with van der Waals surface area (Å²) in [4.78, 5) is 15.3. The third kappa shape index (κ3) is 3.46. The molecule has 0 aromatic carbocycles. The first-order chi connectivity index (χ1) is 4.90. The Morgan fingerprint density at radius 2 is 2.09 bits per heavy atom. The Balaban J connectivity index is 4.08. The summed E-state index contributed by atoms with van der Waals surface area (Å²) in [5.41, 5.74) is -0.333. The molecule has 0 bridgehead atoms. The smallest absolute Gasteiger partial charge is 0.131 e. The molecule has 0 heterocycles. The monoisotopic (exact) mass is 160 g/mol. The van der Waals surface area contributed by atoms with Gasteiger partial charge in [0.05, 0.1) is 0 Å². The molecular weight excluding hydrogens is 144 g/mol. The van der Waals surface area contributed by atoms with E-state index < -0.39 is 0 Å². The average molecular weight is 160 g/mol. The lowest BCUT2D eigenvalue weighted by Gasteiger charge is -2.31. The van der Waals surface area contributed by atoms with Gasteiger partial charge in [-0.2, -0.15) is 11.0 Å². The fourth-order valence-corrected chi connectivity index (χ4v) is 0.863. The normalized spacial score (nSPS) is 12.2. The van der Waals surface area contributed by atoms with Crippen LogP contribution in [0.2, 0.25) is 0 Å². The van der Waals surface area contributed by atoms with Crippen LogP contribution < -0.4 is 5.90 Å². The van der Waals surface area contributed by atoms with E-state index in [4.69, 9.17) is 5.90 Å². The summed E-state index contributed by atoms with van der Waals surface area (Å²) in [6.45, 7) is 5.33. The fraction of sp³-hybridized carbons (Fsp3) is 0.857. The molecule has 4 nitrogen and oxygen atoms in total. The minimum Gasteiger partial charge on any atom is -0.300 e. The van der Waals surface area contributed by atoms with Gasteiger partial charge in [-0.15, -0.1) is 0 Å². The molecule has 0 saturated carbocycles. The van der Waals surface area contributed by atoms with Crippen molar-refractivity contribution in [3.8, 4) is 0 Å². The first kappa shape index (κ1) is 10.6. The number of hydroxylamine groups is 2. The zero-order chi connectivity index (χ0) is 9.07. The summed E-state index contributed by atoms with van der Waals surface area (Å²) >= 11 is 0. The molecule has 0 aromatic rings. The van der Waals surface area contributed by atoms with Crippen molar-refractivity contribution in [1.82, 2.24) is 5.06 Å². The van der Waals surface area contributed by atoms with E-state index in [0.29, 0.717) is 6.42 Å². The van der Waals surface area contributed by atoms with Gasteiger partial charge in [0.15, 0.2) is 0 Å². The van der Waals surface area contributed by atoms with Gasteiger partial charge in [-0.25, -0.2) is 4.94 Å². The molecule has 0 aliphatic heterocycles. The maximum Gasteiger partial charge on any atom is 0.131 e. The van der Waals surface area contributed by atoms with Crippen molar-refractivity contribution in [3.63, 3.8) is 0 Å². The van der Waals surface area contributed by atoms with Gasteiger partial charge in [0, 0.05) is 19.0 Å². The van der Waals surface area contributed by atoms with E-state index in [1.54, 1.807) is 14.0 Å². The van der Waals surface area contributed by atoms with Crippen molar-refractivity contribution in [2.45, 2.75) is 32.7 Å². The zero-order valence-corrected chi connectivity index (χ0v) is 7.55. The fourth-order valence-electron chi connectivity index (χ4n) is 0.863. The van der Waals surface area contributed by atoms with E-state index in [-0.39, 0.29) is 11.3 Å². The van der Waals surface area contributed by atoms with Gasteiger partial charge >= 0.3 is 0 Å². The van der Waals surface area contributed by atoms with Crippen LogP contribution in [0, 0.1) is 0 Å². The lowest BCUT2D eigenvalue weighted by molar-refractivity contribution is -0.202. The van der Waals surface area contributed by atoms with Crippen molar-refractivity contribution >= 4 is 5.78 Å². The highest BCUT2D eigenvalue weighted by atomic mass is 16.8. The molecule has 0 amide bonds. The summed E-state index contributed by atoms with van der Waals surface area (Å²) in [5.74, 6) is 5.07. The minimum atomic E-state index is -0.333. The van der Waals surface area contributed by atoms with Crippen molar-refractivity contribution in [2.75, 3.05) is 7.05 Å². The van der Waals surface area contributed by atoms with Gasteiger partial charge in [-0.3, -0.25) is 4.79 Å². The Bertz CT molecular complexity index is 145. The predicted octanol–water partition coefficient (Wildman–Crippen LogP) is 0.481. The second-order valence-electron chi connectivity index (χ2n) is 3.29. The molecule has 66 valence electrons. The number of hydrogen-bond acceptors (Lipinski definition) is 4. The Morgan fingerprint density at radius 3 is 2.36 bits per heavy atom. The molecule has 11 heavy (non-hydrogen) atoms. The van der Waals surface area contributed by atoms with Crippen LogP contribution in [0.4, 0.5) is 0 Å². The quantitative estimate of drug-likeness (QED) is 0.608. The van der Waals surface area contributed by atoms with Crippen LogP contribution in [0.15, 0.2) is 0 Å². The number of hydrogen-bond donors (Lipinski definition) is 1. The lowest BCUT2D eigenvalue weighted by Crippen LogP contribution is -2.43. The van der Waals surface area contributed by atoms with Crippen LogP contribution in [0.25, 0.3) is 0 Å². The number of nitrogens with two attached hydrogens (primary N) is 1. The summed E-state index contributed by atoms with van der Waals surface area (Å²) < 4.78 is 0. The second kappa shape index (κ2) is 3.80. The Hall–Kier alpha value is -0.450. The molecule has 0 aromatic heterocycles. The van der Waals surface area contributed by atoms with Crippen LogP contribution in [-0.4, -0.2) is 23.4 Å². The number of Topliss-reactive ketones (excluding diaryl/α,β-unsaturated/α-hetero) is 1. The Morgan fingerprint density at radius 1 is 1.64 bits per heavy atom. The standard InChI is InChI=1S/C7H16N2O2/c1-6(10)5-7(2,3)9(4)11-8/h5,8H2,1-4H3. The van der Waals surface area contributed by atoms with Crippen molar-refractivity contribution in [2.24, 2.45) is 5.90 Å². The van der Waals surface area contributed by atoms with Gasteiger partial charge in [0.25, 0.3) is 0 Å². The highest BCUT2D eigenvalue weighted by Gasteiger charge is 2.25. The van der Waals surface area contributed by atoms with Crippen LogP contribution in [0.3, 0.4) is 0 Å². The molecule has 4 heteroatoms. The largest absolute Gasteiger partial charge is 0.300 e. The Kier molecular flexibility index (Phi) is 3.65. The first-order valence-electron chi connectivity index (χ1n) is 3.50. The maximum absolute atomic E-state index is 10.8. The van der Waals surface area contributed by atoms with Crippen molar-refractivity contribution in [3.05, 3.63) is 0 Å². The molecule has 0 rings (SSSR count). The molecule has 2 N–H and O–H groups in total. The van der Waals surface area contributed by atoms with E-state index in [1.165, 1.54) is 5.06 Å². The molecule has 0 aliphatic carbocycles. The second-order valence-corrected chi connectivity index (χ2v) is 3.29. The SMILES string of the molecule is CC(=O)CC(C)(C)N(C)ON. The summed E-state index contributed by atoms with van der Waals surface area (Å²) in [6, 6.07) is 0. The average Bonchev–Trinajstić information content (AvgIpc) is 1.83. The predicted molar refractivity (Wildman–Crippen MR) is 42.4 cm³/mol. The molecule has 0 unspecified atom stereocenters. The van der Waals surface area contributed by atoms with Crippen LogP contribution in [-0.2, 0) is 9.73 Å². The molecule has 0 radical (unpaired) electrons. The number of rotatable bonds is 4. The summed E-state index contributed by atoms with van der Waals surface area (Å²) in [7, 11) is 1.70. The van der Waals surface area contributed by atoms with Crippen LogP contribution >= 0.6 is 0 Å². The molecule has 0 aliphatic rings. The van der Waals surface area contributed by atoms with Crippen molar-refractivity contribution < 1.29 is 9.73 Å². The third-order valence-corrected chi connectivity index (χ3v) is 1.69. The highest BCUT2D eigenvalue weighted by molar-refractivity contribution is 5.76. The van der Waals surface area contributed by atoms with Crippen LogP contribution in [0.5, 0.6) is 0 Å². The lowest BCUT2D eigenvalue weighted by atomic mass is 9.98. The molecule has 0 saturated heterocycles. The van der Waals surface area contributed by atoms with Gasteiger partial charge in [-0.1, -0.05) is 0 Å². The minimum absolute atomic E-state index is 0.124. The highest BCUT2D eigenvalue weighted by Crippen LogP contribution is 2.16. The van der Waals surface area contributed by atoms with Crippen LogP contribution in [0.1, 0.15) is 27.2 Å². The topological polar surface area (TPSA) is 55.6 Å². The summed E-state index contributed by atoms with van der Waals surface area (Å²) in [6.07, 6.45) is 0.431. The van der Waals surface area contributed by atoms with E-state index in [2.05, 4.69) is 4.94 Å². The maximum atomic E-state index is 10.8. The third-order valence-electron chi connectivity index (χ3n) is 1.69. The molecular formula is C7H16N2O2. The molecule has 0 spiro atoms. The van der Waals surface area contributed by atoms with E-state index in [1.807, 2.05) is 13.8 Å². The molecule has 0 atom stereocenters. The van der Waals surface area contributed by atoms with Gasteiger partial charge in [-0.05, 0) is 20.8 Å². The number of carbonyl (C=O) groups excluding carboxylic acids is 1. The number of nitrogens with zero attached hydrogens (tertiary/aromatic N) is 1. The zero-order valence-electron chi connectivity index (χ0n) is 7.55. The number of carbonyl (C=O) groups is 1. The van der Waals surface area contributed by atoms with E-state index >= 15 is 0 Å². The Labute approximate surface area is 67.2 Å². The summed E-state index contributed by atoms with van der Waals surface area (Å²) in [5, 5.41) is 1.47. The van der Waals surface area contributed by atoms with E-state index in [0.717, 1.165) is 0 Å². The molecule has 0 fully saturated rings. The van der Waals surface area contributed by atoms with Gasteiger partial charge in [0.1, 0.15) is 5.78 Å². The van der Waals surface area contributed by atoms with Crippen molar-refractivity contribution in [1.29, 1.82) is 0 Å². The van der Waals surface area contributed by atoms with Gasteiger partial charge < -0.3 is 0 Å².